The van der Waals surface area contributed by atoms with E-state index < -0.39 is 0 Å². The average Bonchev–Trinajstić information content (AvgIpc) is 2.86. The Bertz CT molecular complexity index is 579. The van der Waals surface area contributed by atoms with E-state index in [2.05, 4.69) is 20.5 Å². The Morgan fingerprint density at radius 2 is 2.21 bits per heavy atom. The van der Waals surface area contributed by atoms with Gasteiger partial charge in [0.1, 0.15) is 0 Å². The van der Waals surface area contributed by atoms with Gasteiger partial charge in [-0.15, -0.1) is 5.10 Å². The molecule has 0 unspecified atom stereocenters. The molecule has 19 heavy (non-hydrogen) atoms. The third-order valence-corrected chi connectivity index (χ3v) is 2.50. The molecule has 0 radical (unpaired) electrons. The minimum absolute atomic E-state index is 0.178. The van der Waals surface area contributed by atoms with Gasteiger partial charge in [0.25, 0.3) is 5.91 Å². The van der Waals surface area contributed by atoms with Crippen LogP contribution in [0.2, 0.25) is 0 Å². The number of hydrogen-bond acceptors (Lipinski definition) is 5. The Balaban J connectivity index is 2.13. The van der Waals surface area contributed by atoms with Crippen LogP contribution in [0.25, 0.3) is 0 Å². The molecular weight excluding hydrogens is 246 g/mol. The number of carbonyl (C=O) groups is 1. The van der Waals surface area contributed by atoms with Crippen LogP contribution in [0.3, 0.4) is 0 Å². The van der Waals surface area contributed by atoms with Gasteiger partial charge in [0.2, 0.25) is 5.95 Å². The van der Waals surface area contributed by atoms with Gasteiger partial charge in [-0.3, -0.25) is 10.1 Å². The molecule has 2 rings (SSSR count). The van der Waals surface area contributed by atoms with Crippen LogP contribution < -0.4 is 15.0 Å². The number of H-pyrrole nitrogens is 1. The number of methoxy groups -OCH3 is 1. The van der Waals surface area contributed by atoms with E-state index in [0.717, 1.165) is 5.69 Å². The van der Waals surface area contributed by atoms with Gasteiger partial charge in [0.05, 0.1) is 7.11 Å². The molecule has 2 N–H and O–H groups in total. The maximum absolute atomic E-state index is 12.0. The predicted molar refractivity (Wildman–Crippen MR) is 71.7 cm³/mol. The van der Waals surface area contributed by atoms with Crippen LogP contribution in [0.4, 0.5) is 11.6 Å². The first-order chi connectivity index (χ1) is 9.10. The van der Waals surface area contributed by atoms with Gasteiger partial charge in [-0.25, -0.2) is 5.10 Å². The number of nitrogens with one attached hydrogen (secondary N) is 2. The summed E-state index contributed by atoms with van der Waals surface area (Å²) in [5.41, 5.74) is 1.49. The summed E-state index contributed by atoms with van der Waals surface area (Å²) >= 11 is 0. The molecule has 7 heteroatoms. The minimum atomic E-state index is -0.262. The topological polar surface area (TPSA) is 83.1 Å². The molecule has 1 amide bonds. The van der Waals surface area contributed by atoms with E-state index in [-0.39, 0.29) is 17.9 Å². The molecule has 0 saturated carbocycles. The highest BCUT2D eigenvalue weighted by atomic mass is 16.5. The molecule has 0 fully saturated rings. The first-order valence-corrected chi connectivity index (χ1v) is 5.65. The molecule has 0 aliphatic carbocycles. The summed E-state index contributed by atoms with van der Waals surface area (Å²) in [5, 5.41) is 8.92. The molecule has 100 valence electrons. The molecule has 0 atom stereocenters. The lowest BCUT2D eigenvalue weighted by Crippen LogP contribution is -2.15. The Kier molecular flexibility index (Phi) is 3.65. The van der Waals surface area contributed by atoms with Gasteiger partial charge in [-0.05, 0) is 18.2 Å². The molecule has 1 aromatic carbocycles. The van der Waals surface area contributed by atoms with E-state index in [0.29, 0.717) is 5.56 Å². The maximum atomic E-state index is 12.0. The van der Waals surface area contributed by atoms with Crippen LogP contribution in [-0.2, 0) is 0 Å². The molecule has 0 aliphatic rings. The zero-order valence-electron chi connectivity index (χ0n) is 11.0. The molecule has 0 bridgehead atoms. The molecule has 0 spiro atoms. The van der Waals surface area contributed by atoms with Crippen molar-refractivity contribution in [2.45, 2.75) is 0 Å². The fourth-order valence-electron chi connectivity index (χ4n) is 1.50. The number of benzene rings is 1. The Morgan fingerprint density at radius 1 is 1.42 bits per heavy atom. The summed E-state index contributed by atoms with van der Waals surface area (Å²) in [6.45, 7) is 0. The summed E-state index contributed by atoms with van der Waals surface area (Å²) in [7, 11) is 5.28. The number of nitrogens with zero attached hydrogens (tertiary/aromatic N) is 3. The third kappa shape index (κ3) is 3.01. The molecule has 7 nitrogen and oxygen atoms in total. The summed E-state index contributed by atoms with van der Waals surface area (Å²) in [6.07, 6.45) is 0. The Labute approximate surface area is 110 Å². The van der Waals surface area contributed by atoms with E-state index in [1.807, 2.05) is 31.1 Å². The summed E-state index contributed by atoms with van der Waals surface area (Å²) < 4.78 is 4.82. The van der Waals surface area contributed by atoms with Crippen molar-refractivity contribution in [3.63, 3.8) is 0 Å². The summed E-state index contributed by atoms with van der Waals surface area (Å²) in [6, 6.07) is 7.45. The van der Waals surface area contributed by atoms with Gasteiger partial charge in [-0.1, -0.05) is 6.07 Å². The zero-order valence-corrected chi connectivity index (χ0v) is 11.0. The van der Waals surface area contributed by atoms with E-state index in [1.165, 1.54) is 7.11 Å². The van der Waals surface area contributed by atoms with Crippen LogP contribution in [0, 0.1) is 0 Å². The number of aromatic amines is 1. The van der Waals surface area contributed by atoms with Crippen LogP contribution in [0.5, 0.6) is 6.01 Å². The van der Waals surface area contributed by atoms with Crippen molar-refractivity contribution in [1.29, 1.82) is 0 Å². The van der Waals surface area contributed by atoms with Crippen molar-refractivity contribution in [2.75, 3.05) is 31.4 Å². The SMILES string of the molecule is COc1n[nH]c(NC(=O)c2cccc(N(C)C)c2)n1. The molecule has 0 saturated heterocycles. The third-order valence-electron chi connectivity index (χ3n) is 2.50. The number of amides is 1. The second-order valence-corrected chi connectivity index (χ2v) is 4.07. The van der Waals surface area contributed by atoms with E-state index in [4.69, 9.17) is 4.74 Å². The molecule has 0 aliphatic heterocycles. The Morgan fingerprint density at radius 3 is 2.84 bits per heavy atom. The van der Waals surface area contributed by atoms with Gasteiger partial charge in [0.15, 0.2) is 0 Å². The highest BCUT2D eigenvalue weighted by molar-refractivity contribution is 6.03. The fourth-order valence-corrected chi connectivity index (χ4v) is 1.50. The van der Waals surface area contributed by atoms with Crippen LogP contribution >= 0.6 is 0 Å². The number of rotatable bonds is 4. The molecule has 1 aromatic heterocycles. The number of carbonyl (C=O) groups excluding carboxylic acids is 1. The number of hydrogen-bond donors (Lipinski definition) is 2. The predicted octanol–water partition coefficient (Wildman–Crippen LogP) is 1.13. The molecule has 1 heterocycles. The first-order valence-electron chi connectivity index (χ1n) is 5.65. The van der Waals surface area contributed by atoms with Crippen LogP contribution in [0.15, 0.2) is 24.3 Å². The second-order valence-electron chi connectivity index (χ2n) is 4.07. The lowest BCUT2D eigenvalue weighted by atomic mass is 10.2. The number of anilines is 2. The van der Waals surface area contributed by atoms with Crippen LogP contribution in [0.1, 0.15) is 10.4 Å². The largest absolute Gasteiger partial charge is 0.466 e. The van der Waals surface area contributed by atoms with Gasteiger partial charge in [-0.2, -0.15) is 4.98 Å². The standard InChI is InChI=1S/C12H15N5O2/c1-17(2)9-6-4-5-8(7-9)10(18)13-11-14-12(19-3)16-15-11/h4-7H,1-3H3,(H2,13,14,15,16,18). The smallest absolute Gasteiger partial charge is 0.336 e. The summed E-state index contributed by atoms with van der Waals surface area (Å²) in [5.74, 6) is -0.0143. The Hall–Kier alpha value is -2.57. The minimum Gasteiger partial charge on any atom is -0.466 e. The first kappa shape index (κ1) is 12.9. The average molecular weight is 261 g/mol. The fraction of sp³-hybridized carbons (Fsp3) is 0.250. The van der Waals surface area contributed by atoms with Crippen molar-refractivity contribution < 1.29 is 9.53 Å². The molecular formula is C12H15N5O2. The van der Waals surface area contributed by atoms with Crippen LogP contribution in [-0.4, -0.2) is 42.3 Å². The lowest BCUT2D eigenvalue weighted by Gasteiger charge is -2.13. The van der Waals surface area contributed by atoms with Crippen molar-refractivity contribution >= 4 is 17.5 Å². The van der Waals surface area contributed by atoms with Gasteiger partial charge in [0, 0.05) is 25.3 Å². The van der Waals surface area contributed by atoms with E-state index in [9.17, 15) is 4.79 Å². The van der Waals surface area contributed by atoms with Crippen molar-refractivity contribution in [1.82, 2.24) is 15.2 Å². The van der Waals surface area contributed by atoms with Gasteiger partial charge >= 0.3 is 6.01 Å². The van der Waals surface area contributed by atoms with Crippen molar-refractivity contribution in [3.8, 4) is 6.01 Å². The zero-order chi connectivity index (χ0) is 13.8. The van der Waals surface area contributed by atoms with Crippen molar-refractivity contribution in [2.24, 2.45) is 0 Å². The quantitative estimate of drug-likeness (QED) is 0.862. The summed E-state index contributed by atoms with van der Waals surface area (Å²) in [4.78, 5) is 17.9. The maximum Gasteiger partial charge on any atom is 0.336 e. The normalized spacial score (nSPS) is 10.1. The monoisotopic (exact) mass is 261 g/mol. The lowest BCUT2D eigenvalue weighted by molar-refractivity contribution is 0.102. The highest BCUT2D eigenvalue weighted by Crippen LogP contribution is 2.14. The van der Waals surface area contributed by atoms with Crippen molar-refractivity contribution in [3.05, 3.63) is 29.8 Å². The highest BCUT2D eigenvalue weighted by Gasteiger charge is 2.10. The van der Waals surface area contributed by atoms with E-state index >= 15 is 0 Å². The van der Waals surface area contributed by atoms with Gasteiger partial charge < -0.3 is 9.64 Å². The number of aromatic nitrogens is 3. The van der Waals surface area contributed by atoms with E-state index in [1.54, 1.807) is 12.1 Å². The second kappa shape index (κ2) is 5.38. The number of ether oxygens (including phenoxy) is 1. The molecule has 2 aromatic rings.